The predicted octanol–water partition coefficient (Wildman–Crippen LogP) is 2.72. The smallest absolute Gasteiger partial charge is 0.405 e. The number of rotatable bonds is 8. The SMILES string of the molecule is CC(C)C(NC(=O)O)C(=O)N1CN(c2ccccc2)CC1C(=O)NCC(=O)c1ccc(Br)cc1. The van der Waals surface area contributed by atoms with Gasteiger partial charge in [-0.3, -0.25) is 14.4 Å². The van der Waals surface area contributed by atoms with Crippen molar-refractivity contribution in [2.45, 2.75) is 25.9 Å². The van der Waals surface area contributed by atoms with Gasteiger partial charge in [-0.2, -0.15) is 0 Å². The number of benzene rings is 2. The lowest BCUT2D eigenvalue weighted by atomic mass is 10.0. The summed E-state index contributed by atoms with van der Waals surface area (Å²) in [6.07, 6.45) is -1.31. The molecule has 34 heavy (non-hydrogen) atoms. The van der Waals surface area contributed by atoms with Gasteiger partial charge in [-0.05, 0) is 30.2 Å². The Morgan fingerprint density at radius 3 is 2.29 bits per heavy atom. The summed E-state index contributed by atoms with van der Waals surface area (Å²) in [5, 5.41) is 14.1. The normalized spacial score (nSPS) is 16.3. The zero-order chi connectivity index (χ0) is 24.8. The summed E-state index contributed by atoms with van der Waals surface area (Å²) in [5.41, 5.74) is 1.29. The number of ketones is 1. The van der Waals surface area contributed by atoms with Gasteiger partial charge >= 0.3 is 6.09 Å². The van der Waals surface area contributed by atoms with Gasteiger partial charge in [0.05, 0.1) is 13.2 Å². The molecule has 3 rings (SSSR count). The second-order valence-corrected chi connectivity index (χ2v) is 9.26. The Morgan fingerprint density at radius 1 is 1.06 bits per heavy atom. The summed E-state index contributed by atoms with van der Waals surface area (Å²) in [6.45, 7) is 3.58. The van der Waals surface area contributed by atoms with Crippen LogP contribution in [0, 0.1) is 5.92 Å². The number of anilines is 1. The molecule has 2 aromatic carbocycles. The third-order valence-electron chi connectivity index (χ3n) is 5.60. The lowest BCUT2D eigenvalue weighted by Gasteiger charge is -2.29. The molecule has 1 saturated heterocycles. The van der Waals surface area contributed by atoms with Crippen LogP contribution in [0.25, 0.3) is 0 Å². The second kappa shape index (κ2) is 11.1. The summed E-state index contributed by atoms with van der Waals surface area (Å²) in [5.74, 6) is -1.55. The number of nitrogens with zero attached hydrogens (tertiary/aromatic N) is 2. The largest absolute Gasteiger partial charge is 0.465 e. The maximum atomic E-state index is 13.3. The minimum atomic E-state index is -1.31. The third-order valence-corrected chi connectivity index (χ3v) is 6.13. The molecule has 1 fully saturated rings. The lowest BCUT2D eigenvalue weighted by molar-refractivity contribution is -0.140. The average molecular weight is 531 g/mol. The van der Waals surface area contributed by atoms with Gasteiger partial charge in [0.1, 0.15) is 12.1 Å². The predicted molar refractivity (Wildman–Crippen MR) is 131 cm³/mol. The minimum absolute atomic E-state index is 0.117. The van der Waals surface area contributed by atoms with Crippen LogP contribution in [0.15, 0.2) is 59.1 Å². The van der Waals surface area contributed by atoms with E-state index in [1.54, 1.807) is 38.1 Å². The number of halogens is 1. The summed E-state index contributed by atoms with van der Waals surface area (Å²) < 4.78 is 0.837. The Balaban J connectivity index is 1.78. The number of amides is 3. The van der Waals surface area contributed by atoms with Gasteiger partial charge in [0.25, 0.3) is 0 Å². The van der Waals surface area contributed by atoms with Crippen molar-refractivity contribution in [3.05, 3.63) is 64.6 Å². The summed E-state index contributed by atoms with van der Waals surface area (Å²) in [6, 6.07) is 14.2. The third kappa shape index (κ3) is 6.13. The van der Waals surface area contributed by atoms with Gasteiger partial charge in [-0.1, -0.05) is 60.1 Å². The number of carboxylic acid groups (broad SMARTS) is 1. The number of Topliss-reactive ketones (excluding diaryl/α,β-unsaturated/α-hetero) is 1. The summed E-state index contributed by atoms with van der Waals surface area (Å²) in [4.78, 5) is 53.4. The molecule has 1 aliphatic rings. The van der Waals surface area contributed by atoms with Crippen molar-refractivity contribution in [2.24, 2.45) is 5.92 Å². The molecule has 0 spiro atoms. The van der Waals surface area contributed by atoms with Gasteiger partial charge in [0.15, 0.2) is 5.78 Å². The van der Waals surface area contributed by atoms with Crippen molar-refractivity contribution < 1.29 is 24.3 Å². The molecular formula is C24H27BrN4O5. The van der Waals surface area contributed by atoms with Crippen LogP contribution in [0.3, 0.4) is 0 Å². The fourth-order valence-corrected chi connectivity index (χ4v) is 4.03. The molecule has 0 aliphatic carbocycles. The molecule has 2 aromatic rings. The van der Waals surface area contributed by atoms with Gasteiger partial charge < -0.3 is 25.5 Å². The number of hydrogen-bond acceptors (Lipinski definition) is 5. The summed E-state index contributed by atoms with van der Waals surface area (Å²) >= 11 is 3.32. The maximum Gasteiger partial charge on any atom is 0.405 e. The second-order valence-electron chi connectivity index (χ2n) is 8.34. The molecule has 180 valence electrons. The lowest BCUT2D eigenvalue weighted by Crippen LogP contribution is -2.55. The van der Waals surface area contributed by atoms with Crippen molar-refractivity contribution in [2.75, 3.05) is 24.7 Å². The highest BCUT2D eigenvalue weighted by Crippen LogP contribution is 2.23. The van der Waals surface area contributed by atoms with Crippen molar-refractivity contribution >= 4 is 45.3 Å². The molecule has 0 saturated carbocycles. The molecule has 3 N–H and O–H groups in total. The number of para-hydroxylation sites is 1. The van der Waals surface area contributed by atoms with E-state index < -0.39 is 30.0 Å². The summed E-state index contributed by atoms with van der Waals surface area (Å²) in [7, 11) is 0. The van der Waals surface area contributed by atoms with E-state index in [1.807, 2.05) is 35.2 Å². The first-order valence-corrected chi connectivity index (χ1v) is 11.6. The van der Waals surface area contributed by atoms with Crippen molar-refractivity contribution in [3.8, 4) is 0 Å². The van der Waals surface area contributed by atoms with E-state index in [0.717, 1.165) is 10.2 Å². The molecule has 3 amide bonds. The van der Waals surface area contributed by atoms with Crippen LogP contribution < -0.4 is 15.5 Å². The minimum Gasteiger partial charge on any atom is -0.465 e. The topological polar surface area (TPSA) is 119 Å². The van der Waals surface area contributed by atoms with Crippen molar-refractivity contribution in [1.29, 1.82) is 0 Å². The zero-order valence-corrected chi connectivity index (χ0v) is 20.5. The van der Waals surface area contributed by atoms with E-state index >= 15 is 0 Å². The number of hydrogen-bond donors (Lipinski definition) is 3. The van der Waals surface area contributed by atoms with Crippen LogP contribution >= 0.6 is 15.9 Å². The average Bonchev–Trinajstić information content (AvgIpc) is 3.27. The zero-order valence-electron chi connectivity index (χ0n) is 18.9. The standard InChI is InChI=1S/C24H27BrN4O5/c1-15(2)21(27-24(33)34)23(32)29-14-28(18-6-4-3-5-7-18)13-19(29)22(31)26-12-20(30)16-8-10-17(25)11-9-16/h3-11,15,19,21,27H,12-14H2,1-2H3,(H,26,31)(H,33,34). The molecular weight excluding hydrogens is 504 g/mol. The first-order chi connectivity index (χ1) is 16.2. The first kappa shape index (κ1) is 25.2. The molecule has 1 heterocycles. The Bertz CT molecular complexity index is 1050. The van der Waals surface area contributed by atoms with E-state index in [2.05, 4.69) is 26.6 Å². The van der Waals surface area contributed by atoms with Gasteiger partial charge in [0, 0.05) is 22.3 Å². The highest BCUT2D eigenvalue weighted by Gasteiger charge is 2.42. The highest BCUT2D eigenvalue weighted by atomic mass is 79.9. The van der Waals surface area contributed by atoms with E-state index in [4.69, 9.17) is 0 Å². The Morgan fingerprint density at radius 2 is 1.71 bits per heavy atom. The van der Waals surface area contributed by atoms with E-state index in [0.29, 0.717) is 5.56 Å². The molecule has 1 aliphatic heterocycles. The number of carbonyl (C=O) groups is 4. The van der Waals surface area contributed by atoms with Gasteiger partial charge in [-0.15, -0.1) is 0 Å². The Kier molecular flexibility index (Phi) is 8.27. The Hall–Kier alpha value is -3.40. The Labute approximate surface area is 206 Å². The van der Waals surface area contributed by atoms with Crippen LogP contribution in [0.5, 0.6) is 0 Å². The number of nitrogens with one attached hydrogen (secondary N) is 2. The van der Waals surface area contributed by atoms with E-state index in [-0.39, 0.29) is 31.5 Å². The van der Waals surface area contributed by atoms with E-state index in [1.165, 1.54) is 4.90 Å². The van der Waals surface area contributed by atoms with E-state index in [9.17, 15) is 24.3 Å². The maximum absolute atomic E-state index is 13.3. The van der Waals surface area contributed by atoms with Crippen LogP contribution in [-0.2, 0) is 9.59 Å². The number of carbonyl (C=O) groups excluding carboxylic acids is 3. The van der Waals surface area contributed by atoms with Crippen molar-refractivity contribution in [1.82, 2.24) is 15.5 Å². The van der Waals surface area contributed by atoms with Gasteiger partial charge in [0.2, 0.25) is 11.8 Å². The fourth-order valence-electron chi connectivity index (χ4n) is 3.77. The first-order valence-electron chi connectivity index (χ1n) is 10.8. The molecule has 10 heteroatoms. The molecule has 9 nitrogen and oxygen atoms in total. The highest BCUT2D eigenvalue weighted by molar-refractivity contribution is 9.10. The quantitative estimate of drug-likeness (QED) is 0.451. The van der Waals surface area contributed by atoms with Crippen LogP contribution in [0.1, 0.15) is 24.2 Å². The molecule has 0 radical (unpaired) electrons. The molecule has 2 atom stereocenters. The molecule has 0 bridgehead atoms. The van der Waals surface area contributed by atoms with Crippen LogP contribution in [0.4, 0.5) is 10.5 Å². The monoisotopic (exact) mass is 530 g/mol. The van der Waals surface area contributed by atoms with Crippen molar-refractivity contribution in [3.63, 3.8) is 0 Å². The molecule has 0 aromatic heterocycles. The van der Waals surface area contributed by atoms with Crippen LogP contribution in [-0.4, -0.2) is 65.5 Å². The molecule has 2 unspecified atom stereocenters. The van der Waals surface area contributed by atoms with Gasteiger partial charge in [-0.25, -0.2) is 4.79 Å². The fraction of sp³-hybridized carbons (Fsp3) is 0.333. The van der Waals surface area contributed by atoms with Crippen LogP contribution in [0.2, 0.25) is 0 Å².